The van der Waals surface area contributed by atoms with E-state index >= 15 is 0 Å². The molecule has 0 aliphatic carbocycles. The average Bonchev–Trinajstić information content (AvgIpc) is 2.85. The van der Waals surface area contributed by atoms with Crippen molar-refractivity contribution in [3.63, 3.8) is 0 Å². The van der Waals surface area contributed by atoms with Crippen LogP contribution in [0.25, 0.3) is 0 Å². The quantitative estimate of drug-likeness (QED) is 0.871. The highest BCUT2D eigenvalue weighted by Crippen LogP contribution is 2.22. The Kier molecular flexibility index (Phi) is 3.79. The molecule has 1 aliphatic rings. The minimum absolute atomic E-state index is 0.00787. The Balaban J connectivity index is 2.14. The molecule has 0 spiro atoms. The van der Waals surface area contributed by atoms with Crippen molar-refractivity contribution in [2.45, 2.75) is 39.2 Å². The summed E-state index contributed by atoms with van der Waals surface area (Å²) in [5, 5.41) is 3.01. The molecule has 1 fully saturated rings. The molecule has 1 N–H and O–H groups in total. The number of anilines is 1. The molecule has 0 aromatic heterocycles. The third-order valence-corrected chi connectivity index (χ3v) is 3.21. The second-order valence-corrected chi connectivity index (χ2v) is 4.45. The molecule has 1 aromatic carbocycles. The molecule has 0 radical (unpaired) electrons. The molecule has 3 nitrogen and oxygen atoms in total. The molecule has 0 unspecified atom stereocenters. The number of carbonyl (C=O) groups excluding carboxylic acids is 1. The molecule has 1 saturated heterocycles. The van der Waals surface area contributed by atoms with Crippen LogP contribution in [0.3, 0.4) is 0 Å². The van der Waals surface area contributed by atoms with E-state index in [9.17, 15) is 4.79 Å². The van der Waals surface area contributed by atoms with Crippen molar-refractivity contribution in [3.05, 3.63) is 29.3 Å². The van der Waals surface area contributed by atoms with Gasteiger partial charge in [-0.05, 0) is 37.3 Å². The molecule has 1 aromatic rings. The Bertz CT molecular complexity index is 409. The van der Waals surface area contributed by atoms with E-state index in [1.54, 1.807) is 0 Å². The number of hydrogen-bond donors (Lipinski definition) is 1. The van der Waals surface area contributed by atoms with Gasteiger partial charge in [0.2, 0.25) is 0 Å². The van der Waals surface area contributed by atoms with Gasteiger partial charge in [0.25, 0.3) is 5.91 Å². The minimum Gasteiger partial charge on any atom is -0.368 e. The Morgan fingerprint density at radius 3 is 3.00 bits per heavy atom. The van der Waals surface area contributed by atoms with Gasteiger partial charge >= 0.3 is 0 Å². The van der Waals surface area contributed by atoms with Gasteiger partial charge in [0.15, 0.2) is 0 Å². The number of aryl methyl sites for hydroxylation is 2. The summed E-state index contributed by atoms with van der Waals surface area (Å²) in [5.74, 6) is -0.00787. The van der Waals surface area contributed by atoms with Crippen molar-refractivity contribution in [1.82, 2.24) is 0 Å². The predicted octanol–water partition coefficient (Wildman–Crippen LogP) is 2.67. The highest BCUT2D eigenvalue weighted by atomic mass is 16.5. The minimum atomic E-state index is -0.265. The summed E-state index contributed by atoms with van der Waals surface area (Å²) in [6.45, 7) is 4.81. The number of nitrogens with one attached hydrogen (secondary N) is 1. The summed E-state index contributed by atoms with van der Waals surface area (Å²) in [5.41, 5.74) is 3.24. The Hall–Kier alpha value is -1.35. The zero-order valence-corrected chi connectivity index (χ0v) is 10.5. The largest absolute Gasteiger partial charge is 0.368 e. The van der Waals surface area contributed by atoms with Crippen molar-refractivity contribution in [2.75, 3.05) is 11.9 Å². The molecule has 17 heavy (non-hydrogen) atoms. The van der Waals surface area contributed by atoms with E-state index in [2.05, 4.69) is 18.3 Å². The molecular formula is C14H19NO2. The maximum atomic E-state index is 12.0. The van der Waals surface area contributed by atoms with Gasteiger partial charge in [-0.1, -0.05) is 25.1 Å². The second kappa shape index (κ2) is 5.32. The number of rotatable bonds is 3. The van der Waals surface area contributed by atoms with E-state index in [4.69, 9.17) is 4.74 Å². The van der Waals surface area contributed by atoms with Crippen molar-refractivity contribution >= 4 is 11.6 Å². The van der Waals surface area contributed by atoms with Crippen molar-refractivity contribution in [1.29, 1.82) is 0 Å². The van der Waals surface area contributed by atoms with Crippen molar-refractivity contribution < 1.29 is 9.53 Å². The van der Waals surface area contributed by atoms with Gasteiger partial charge in [0.05, 0.1) is 0 Å². The first-order chi connectivity index (χ1) is 8.22. The molecule has 0 saturated carbocycles. The van der Waals surface area contributed by atoms with Crippen LogP contribution in [0, 0.1) is 6.92 Å². The van der Waals surface area contributed by atoms with E-state index in [1.807, 2.05) is 19.1 Å². The summed E-state index contributed by atoms with van der Waals surface area (Å²) in [4.78, 5) is 12.0. The SMILES string of the molecule is CCc1cccc(C)c1NC(=O)[C@@H]1CCCO1. The summed E-state index contributed by atoms with van der Waals surface area (Å²) < 4.78 is 5.39. The van der Waals surface area contributed by atoms with Crippen LogP contribution in [0.2, 0.25) is 0 Å². The van der Waals surface area contributed by atoms with Crippen molar-refractivity contribution in [3.8, 4) is 0 Å². The lowest BCUT2D eigenvalue weighted by molar-refractivity contribution is -0.124. The first-order valence-electron chi connectivity index (χ1n) is 6.23. The van der Waals surface area contributed by atoms with Crippen LogP contribution in [0.1, 0.15) is 30.9 Å². The Morgan fingerprint density at radius 2 is 2.35 bits per heavy atom. The lowest BCUT2D eigenvalue weighted by Gasteiger charge is -2.15. The van der Waals surface area contributed by atoms with E-state index in [0.29, 0.717) is 6.61 Å². The normalized spacial score (nSPS) is 19.3. The smallest absolute Gasteiger partial charge is 0.253 e. The highest BCUT2D eigenvalue weighted by molar-refractivity contribution is 5.95. The molecule has 3 heteroatoms. The summed E-state index contributed by atoms with van der Waals surface area (Å²) in [6, 6.07) is 6.10. The highest BCUT2D eigenvalue weighted by Gasteiger charge is 2.24. The Labute approximate surface area is 102 Å². The average molecular weight is 233 g/mol. The fourth-order valence-corrected chi connectivity index (χ4v) is 2.19. The van der Waals surface area contributed by atoms with Gasteiger partial charge in [-0.15, -0.1) is 0 Å². The van der Waals surface area contributed by atoms with Gasteiger partial charge in [-0.2, -0.15) is 0 Å². The lowest BCUT2D eigenvalue weighted by Crippen LogP contribution is -2.27. The fourth-order valence-electron chi connectivity index (χ4n) is 2.19. The topological polar surface area (TPSA) is 38.3 Å². The third kappa shape index (κ3) is 2.67. The maximum Gasteiger partial charge on any atom is 0.253 e. The van der Waals surface area contributed by atoms with Gasteiger partial charge in [-0.3, -0.25) is 4.79 Å². The predicted molar refractivity (Wildman–Crippen MR) is 68.2 cm³/mol. The molecule has 92 valence electrons. The number of benzene rings is 1. The molecule has 2 rings (SSSR count). The van der Waals surface area contributed by atoms with E-state index in [0.717, 1.165) is 30.5 Å². The zero-order valence-electron chi connectivity index (χ0n) is 10.5. The standard InChI is InChI=1S/C14H19NO2/c1-3-11-7-4-6-10(2)13(11)15-14(16)12-8-5-9-17-12/h4,6-7,12H,3,5,8-9H2,1-2H3,(H,15,16)/t12-/m0/s1. The summed E-state index contributed by atoms with van der Waals surface area (Å²) >= 11 is 0. The first kappa shape index (κ1) is 12.1. The number of para-hydroxylation sites is 1. The zero-order chi connectivity index (χ0) is 12.3. The van der Waals surface area contributed by atoms with E-state index in [1.165, 1.54) is 5.56 Å². The van der Waals surface area contributed by atoms with Crippen LogP contribution in [-0.4, -0.2) is 18.6 Å². The number of carbonyl (C=O) groups is 1. The maximum absolute atomic E-state index is 12.0. The van der Waals surface area contributed by atoms with Crippen LogP contribution in [-0.2, 0) is 16.0 Å². The molecular weight excluding hydrogens is 214 g/mol. The van der Waals surface area contributed by atoms with E-state index in [-0.39, 0.29) is 12.0 Å². The van der Waals surface area contributed by atoms with Gasteiger partial charge in [-0.25, -0.2) is 0 Å². The Morgan fingerprint density at radius 1 is 1.53 bits per heavy atom. The molecule has 1 atom stereocenters. The third-order valence-electron chi connectivity index (χ3n) is 3.21. The molecule has 1 heterocycles. The summed E-state index contributed by atoms with van der Waals surface area (Å²) in [6.07, 6.45) is 2.47. The van der Waals surface area contributed by atoms with Crippen LogP contribution >= 0.6 is 0 Å². The summed E-state index contributed by atoms with van der Waals surface area (Å²) in [7, 11) is 0. The van der Waals surface area contributed by atoms with Crippen LogP contribution in [0.5, 0.6) is 0 Å². The van der Waals surface area contributed by atoms with E-state index < -0.39 is 0 Å². The second-order valence-electron chi connectivity index (χ2n) is 4.45. The first-order valence-corrected chi connectivity index (χ1v) is 6.23. The molecule has 0 bridgehead atoms. The number of hydrogen-bond acceptors (Lipinski definition) is 2. The monoisotopic (exact) mass is 233 g/mol. The van der Waals surface area contributed by atoms with Gasteiger partial charge < -0.3 is 10.1 Å². The fraction of sp³-hybridized carbons (Fsp3) is 0.500. The molecule has 1 aliphatic heterocycles. The van der Waals surface area contributed by atoms with Crippen LogP contribution in [0.15, 0.2) is 18.2 Å². The van der Waals surface area contributed by atoms with Crippen LogP contribution < -0.4 is 5.32 Å². The van der Waals surface area contributed by atoms with Crippen LogP contribution in [0.4, 0.5) is 5.69 Å². The van der Waals surface area contributed by atoms with Gasteiger partial charge in [0.1, 0.15) is 6.10 Å². The van der Waals surface area contributed by atoms with Crippen molar-refractivity contribution in [2.24, 2.45) is 0 Å². The molecule has 1 amide bonds. The van der Waals surface area contributed by atoms with Gasteiger partial charge in [0, 0.05) is 12.3 Å². The number of amides is 1. The lowest BCUT2D eigenvalue weighted by atomic mass is 10.1. The number of ether oxygens (including phenoxy) is 1.